The Hall–Kier alpha value is -1.39. The Kier molecular flexibility index (Phi) is 6.37. The summed E-state index contributed by atoms with van der Waals surface area (Å²) < 4.78 is 0. The second kappa shape index (κ2) is 7.57. The third-order valence-corrected chi connectivity index (χ3v) is 4.03. The Bertz CT molecular complexity index is 500. The van der Waals surface area contributed by atoms with Gasteiger partial charge in [0.15, 0.2) is 5.78 Å². The molecule has 2 rings (SSSR count). The summed E-state index contributed by atoms with van der Waals surface area (Å²) in [5.41, 5.74) is 7.22. The minimum absolute atomic E-state index is 0. The van der Waals surface area contributed by atoms with E-state index in [0.29, 0.717) is 17.0 Å². The van der Waals surface area contributed by atoms with E-state index >= 15 is 0 Å². The summed E-state index contributed by atoms with van der Waals surface area (Å²) in [5, 5.41) is 0. The number of benzene rings is 1. The van der Waals surface area contributed by atoms with Crippen molar-refractivity contribution < 1.29 is 9.59 Å². The zero-order valence-corrected chi connectivity index (χ0v) is 13.4. The van der Waals surface area contributed by atoms with Crippen LogP contribution in [0.4, 0.5) is 0 Å². The molecule has 1 amide bonds. The monoisotopic (exact) mass is 310 g/mol. The van der Waals surface area contributed by atoms with Crippen LogP contribution in [0.15, 0.2) is 24.3 Å². The molecular weight excluding hydrogens is 288 g/mol. The summed E-state index contributed by atoms with van der Waals surface area (Å²) in [6.45, 7) is 5.04. The Labute approximate surface area is 132 Å². The molecule has 1 aliphatic heterocycles. The first-order valence-corrected chi connectivity index (χ1v) is 7.15. The maximum atomic E-state index is 12.4. The number of rotatable bonds is 3. The zero-order valence-electron chi connectivity index (χ0n) is 12.5. The fraction of sp³-hybridized carbons (Fsp3) is 0.500. The normalized spacial score (nSPS) is 19.6. The van der Waals surface area contributed by atoms with Crippen molar-refractivity contribution in [3.05, 3.63) is 35.4 Å². The van der Waals surface area contributed by atoms with Crippen molar-refractivity contribution >= 4 is 24.1 Å². The largest absolute Gasteiger partial charge is 0.338 e. The molecule has 1 aliphatic rings. The van der Waals surface area contributed by atoms with Gasteiger partial charge in [-0.05, 0) is 44.7 Å². The van der Waals surface area contributed by atoms with Gasteiger partial charge in [0.1, 0.15) is 0 Å². The van der Waals surface area contributed by atoms with Gasteiger partial charge in [-0.3, -0.25) is 9.59 Å². The number of Topliss-reactive ketones (excluding diaryl/α,β-unsaturated/α-hetero) is 1. The maximum Gasteiger partial charge on any atom is 0.253 e. The number of nitrogens with two attached hydrogens (primary N) is 1. The SMILES string of the molecule is CC(=O)c1ccc(C(=O)N2CCCC(C(C)N)C2)cc1.Cl. The molecule has 1 aromatic carbocycles. The number of hydrogen-bond acceptors (Lipinski definition) is 3. The number of amides is 1. The molecule has 1 heterocycles. The van der Waals surface area contributed by atoms with Gasteiger partial charge in [0, 0.05) is 30.3 Å². The standard InChI is InChI=1S/C16H22N2O2.ClH/c1-11(17)15-4-3-9-18(10-15)16(20)14-7-5-13(6-8-14)12(2)19;/h5-8,11,15H,3-4,9-10,17H2,1-2H3;1H. The highest BCUT2D eigenvalue weighted by molar-refractivity contribution is 5.97. The van der Waals surface area contributed by atoms with E-state index in [1.807, 2.05) is 11.8 Å². The molecule has 2 unspecified atom stereocenters. The van der Waals surface area contributed by atoms with Crippen LogP contribution in [-0.2, 0) is 0 Å². The minimum atomic E-state index is 0. The van der Waals surface area contributed by atoms with E-state index in [0.717, 1.165) is 25.9 Å². The molecule has 0 bridgehead atoms. The molecule has 0 aromatic heterocycles. The second-order valence-corrected chi connectivity index (χ2v) is 5.65. The number of carbonyl (C=O) groups excluding carboxylic acids is 2. The summed E-state index contributed by atoms with van der Waals surface area (Å²) in [5.74, 6) is 0.425. The average Bonchev–Trinajstić information content (AvgIpc) is 2.46. The fourth-order valence-electron chi connectivity index (χ4n) is 2.65. The van der Waals surface area contributed by atoms with Crippen molar-refractivity contribution in [3.8, 4) is 0 Å². The lowest BCUT2D eigenvalue weighted by molar-refractivity contribution is 0.0660. The van der Waals surface area contributed by atoms with Gasteiger partial charge in [-0.25, -0.2) is 0 Å². The van der Waals surface area contributed by atoms with Crippen molar-refractivity contribution in [1.82, 2.24) is 4.90 Å². The molecule has 0 radical (unpaired) electrons. The first kappa shape index (κ1) is 17.7. The Morgan fingerprint density at radius 1 is 1.24 bits per heavy atom. The third-order valence-electron chi connectivity index (χ3n) is 4.03. The van der Waals surface area contributed by atoms with Gasteiger partial charge in [-0.15, -0.1) is 12.4 Å². The molecule has 0 spiro atoms. The summed E-state index contributed by atoms with van der Waals surface area (Å²) in [6.07, 6.45) is 2.09. The van der Waals surface area contributed by atoms with E-state index in [1.54, 1.807) is 24.3 Å². The van der Waals surface area contributed by atoms with Crippen LogP contribution in [0.25, 0.3) is 0 Å². The molecule has 21 heavy (non-hydrogen) atoms. The van der Waals surface area contributed by atoms with Gasteiger partial charge >= 0.3 is 0 Å². The lowest BCUT2D eigenvalue weighted by Crippen LogP contribution is -2.45. The summed E-state index contributed by atoms with van der Waals surface area (Å²) in [4.78, 5) is 25.6. The molecule has 4 nitrogen and oxygen atoms in total. The topological polar surface area (TPSA) is 63.4 Å². The Morgan fingerprint density at radius 3 is 2.33 bits per heavy atom. The van der Waals surface area contributed by atoms with Crippen molar-refractivity contribution in [2.24, 2.45) is 11.7 Å². The number of ketones is 1. The molecule has 1 saturated heterocycles. The third kappa shape index (κ3) is 4.29. The summed E-state index contributed by atoms with van der Waals surface area (Å²) in [6, 6.07) is 7.00. The van der Waals surface area contributed by atoms with Crippen LogP contribution in [0, 0.1) is 5.92 Å². The van der Waals surface area contributed by atoms with E-state index in [1.165, 1.54) is 6.92 Å². The van der Waals surface area contributed by atoms with E-state index in [2.05, 4.69) is 0 Å². The fourth-order valence-corrected chi connectivity index (χ4v) is 2.65. The summed E-state index contributed by atoms with van der Waals surface area (Å²) >= 11 is 0. The molecular formula is C16H23ClN2O2. The van der Waals surface area contributed by atoms with Gasteiger partial charge < -0.3 is 10.6 Å². The highest BCUT2D eigenvalue weighted by Crippen LogP contribution is 2.20. The molecule has 2 N–H and O–H groups in total. The van der Waals surface area contributed by atoms with Crippen molar-refractivity contribution in [1.29, 1.82) is 0 Å². The zero-order chi connectivity index (χ0) is 14.7. The van der Waals surface area contributed by atoms with E-state index in [4.69, 9.17) is 5.73 Å². The molecule has 116 valence electrons. The first-order chi connectivity index (χ1) is 9.49. The average molecular weight is 311 g/mol. The van der Waals surface area contributed by atoms with E-state index in [-0.39, 0.29) is 30.1 Å². The van der Waals surface area contributed by atoms with Crippen LogP contribution >= 0.6 is 12.4 Å². The Morgan fingerprint density at radius 2 is 1.81 bits per heavy atom. The van der Waals surface area contributed by atoms with Crippen LogP contribution in [0.3, 0.4) is 0 Å². The van der Waals surface area contributed by atoms with Crippen molar-refractivity contribution in [2.75, 3.05) is 13.1 Å². The van der Waals surface area contributed by atoms with Crippen LogP contribution in [0.2, 0.25) is 0 Å². The number of halogens is 1. The van der Waals surface area contributed by atoms with Gasteiger partial charge in [-0.1, -0.05) is 12.1 Å². The molecule has 1 aromatic rings. The van der Waals surface area contributed by atoms with Gasteiger partial charge in [0.2, 0.25) is 0 Å². The van der Waals surface area contributed by atoms with E-state index < -0.39 is 0 Å². The molecule has 5 heteroatoms. The number of nitrogens with zero attached hydrogens (tertiary/aromatic N) is 1. The number of likely N-dealkylation sites (tertiary alicyclic amines) is 1. The van der Waals surface area contributed by atoms with Crippen LogP contribution < -0.4 is 5.73 Å². The lowest BCUT2D eigenvalue weighted by Gasteiger charge is -2.34. The highest BCUT2D eigenvalue weighted by atomic mass is 35.5. The van der Waals surface area contributed by atoms with Gasteiger partial charge in [0.25, 0.3) is 5.91 Å². The van der Waals surface area contributed by atoms with Crippen LogP contribution in [-0.4, -0.2) is 35.7 Å². The minimum Gasteiger partial charge on any atom is -0.338 e. The lowest BCUT2D eigenvalue weighted by atomic mass is 9.92. The van der Waals surface area contributed by atoms with E-state index in [9.17, 15) is 9.59 Å². The van der Waals surface area contributed by atoms with Crippen LogP contribution in [0.5, 0.6) is 0 Å². The molecule has 2 atom stereocenters. The molecule has 0 aliphatic carbocycles. The van der Waals surface area contributed by atoms with Crippen molar-refractivity contribution in [2.45, 2.75) is 32.7 Å². The first-order valence-electron chi connectivity index (χ1n) is 7.15. The molecule has 0 saturated carbocycles. The number of carbonyl (C=O) groups is 2. The predicted molar refractivity (Wildman–Crippen MR) is 86.0 cm³/mol. The maximum absolute atomic E-state index is 12.4. The molecule has 1 fully saturated rings. The second-order valence-electron chi connectivity index (χ2n) is 5.65. The summed E-state index contributed by atoms with van der Waals surface area (Å²) in [7, 11) is 0. The van der Waals surface area contributed by atoms with Crippen LogP contribution in [0.1, 0.15) is 47.4 Å². The predicted octanol–water partition coefficient (Wildman–Crippen LogP) is 2.51. The van der Waals surface area contributed by atoms with Crippen molar-refractivity contribution in [3.63, 3.8) is 0 Å². The number of hydrogen-bond donors (Lipinski definition) is 1. The smallest absolute Gasteiger partial charge is 0.253 e. The highest BCUT2D eigenvalue weighted by Gasteiger charge is 2.26. The van der Waals surface area contributed by atoms with Gasteiger partial charge in [-0.2, -0.15) is 0 Å². The quantitative estimate of drug-likeness (QED) is 0.873. The number of piperidine rings is 1. The Balaban J connectivity index is 0.00000220. The van der Waals surface area contributed by atoms with Gasteiger partial charge in [0.05, 0.1) is 0 Å².